The number of ether oxygens (including phenoxy) is 4. The highest BCUT2D eigenvalue weighted by Gasteiger charge is 2.45. The van der Waals surface area contributed by atoms with Crippen molar-refractivity contribution in [1.29, 1.82) is 0 Å². The Labute approximate surface area is 161 Å². The second kappa shape index (κ2) is 9.85. The molecule has 0 aromatic carbocycles. The van der Waals surface area contributed by atoms with Gasteiger partial charge in [0, 0.05) is 25.3 Å². The van der Waals surface area contributed by atoms with Crippen LogP contribution in [-0.2, 0) is 28.5 Å². The maximum atomic E-state index is 12.3. The molecule has 3 saturated heterocycles. The van der Waals surface area contributed by atoms with Crippen LogP contribution in [0.2, 0.25) is 0 Å². The van der Waals surface area contributed by atoms with Gasteiger partial charge in [-0.15, -0.1) is 0 Å². The predicted molar refractivity (Wildman–Crippen MR) is 98.2 cm³/mol. The summed E-state index contributed by atoms with van der Waals surface area (Å²) >= 11 is 0. The monoisotopic (exact) mass is 383 g/mol. The second-order valence-electron chi connectivity index (χ2n) is 7.75. The van der Waals surface area contributed by atoms with Crippen LogP contribution in [0.5, 0.6) is 0 Å². The Morgan fingerprint density at radius 2 is 1.56 bits per heavy atom. The number of carbonyl (C=O) groups is 2. The lowest BCUT2D eigenvalue weighted by Gasteiger charge is -2.50. The fourth-order valence-electron chi connectivity index (χ4n) is 4.75. The SMILES string of the molecule is CCOC(=O)CN1C2CC(OC3CCOCC3)CC1CC(C(=O)OCC)C2. The van der Waals surface area contributed by atoms with Gasteiger partial charge in [-0.1, -0.05) is 0 Å². The van der Waals surface area contributed by atoms with E-state index < -0.39 is 0 Å². The van der Waals surface area contributed by atoms with Crippen LogP contribution in [0.4, 0.5) is 0 Å². The van der Waals surface area contributed by atoms with E-state index in [9.17, 15) is 9.59 Å². The summed E-state index contributed by atoms with van der Waals surface area (Å²) in [4.78, 5) is 26.6. The number of hydrogen-bond acceptors (Lipinski definition) is 7. The maximum Gasteiger partial charge on any atom is 0.320 e. The highest BCUT2D eigenvalue weighted by molar-refractivity contribution is 5.73. The van der Waals surface area contributed by atoms with Crippen molar-refractivity contribution in [2.45, 2.75) is 76.7 Å². The van der Waals surface area contributed by atoms with Crippen molar-refractivity contribution in [3.05, 3.63) is 0 Å². The number of nitrogens with zero attached hydrogens (tertiary/aromatic N) is 1. The molecule has 0 spiro atoms. The van der Waals surface area contributed by atoms with Crippen LogP contribution in [0.15, 0.2) is 0 Å². The molecule has 3 rings (SSSR count). The third kappa shape index (κ3) is 5.42. The van der Waals surface area contributed by atoms with Gasteiger partial charge in [-0.05, 0) is 52.4 Å². The molecule has 27 heavy (non-hydrogen) atoms. The zero-order valence-electron chi connectivity index (χ0n) is 16.6. The minimum atomic E-state index is -0.189. The smallest absolute Gasteiger partial charge is 0.320 e. The van der Waals surface area contributed by atoms with Gasteiger partial charge in [0.1, 0.15) is 0 Å². The van der Waals surface area contributed by atoms with E-state index >= 15 is 0 Å². The van der Waals surface area contributed by atoms with Crippen molar-refractivity contribution < 1.29 is 28.5 Å². The maximum absolute atomic E-state index is 12.3. The fourth-order valence-corrected chi connectivity index (χ4v) is 4.75. The van der Waals surface area contributed by atoms with Crippen molar-refractivity contribution in [3.8, 4) is 0 Å². The Morgan fingerprint density at radius 1 is 0.926 bits per heavy atom. The molecule has 2 bridgehead atoms. The van der Waals surface area contributed by atoms with Gasteiger partial charge in [-0.2, -0.15) is 0 Å². The largest absolute Gasteiger partial charge is 0.466 e. The lowest BCUT2D eigenvalue weighted by molar-refractivity contribution is -0.161. The van der Waals surface area contributed by atoms with Gasteiger partial charge in [0.2, 0.25) is 0 Å². The van der Waals surface area contributed by atoms with E-state index in [0.717, 1.165) is 51.7 Å². The Morgan fingerprint density at radius 3 is 2.15 bits per heavy atom. The number of esters is 2. The van der Waals surface area contributed by atoms with E-state index in [0.29, 0.717) is 19.8 Å². The summed E-state index contributed by atoms with van der Waals surface area (Å²) < 4.78 is 22.2. The second-order valence-corrected chi connectivity index (χ2v) is 7.75. The number of fused-ring (bicyclic) bond motifs is 2. The number of rotatable bonds is 7. The van der Waals surface area contributed by atoms with Crippen molar-refractivity contribution in [2.75, 3.05) is 33.0 Å². The highest BCUT2D eigenvalue weighted by atomic mass is 16.5. The van der Waals surface area contributed by atoms with Crippen LogP contribution in [0.25, 0.3) is 0 Å². The standard InChI is InChI=1S/C20H33NO6/c1-3-25-19(22)13-21-15-9-14(20(23)26-4-2)10-16(21)12-18(11-15)27-17-5-7-24-8-6-17/h14-18H,3-13H2,1-2H3. The van der Waals surface area contributed by atoms with E-state index in [-0.39, 0.29) is 42.1 Å². The zero-order valence-corrected chi connectivity index (χ0v) is 16.6. The average Bonchev–Trinajstić information content (AvgIpc) is 2.63. The first-order valence-electron chi connectivity index (χ1n) is 10.4. The third-order valence-electron chi connectivity index (χ3n) is 5.91. The molecule has 3 aliphatic heterocycles. The lowest BCUT2D eigenvalue weighted by Crippen LogP contribution is -2.58. The molecule has 0 aromatic rings. The van der Waals surface area contributed by atoms with Crippen molar-refractivity contribution in [2.24, 2.45) is 5.92 Å². The summed E-state index contributed by atoms with van der Waals surface area (Å²) in [6.45, 7) is 6.29. The first-order valence-corrected chi connectivity index (χ1v) is 10.4. The molecule has 0 N–H and O–H groups in total. The Balaban J connectivity index is 1.63. The Bertz CT molecular complexity index is 491. The van der Waals surface area contributed by atoms with Crippen LogP contribution in [-0.4, -0.2) is 74.1 Å². The Hall–Kier alpha value is -1.18. The molecular formula is C20H33NO6. The van der Waals surface area contributed by atoms with Gasteiger partial charge < -0.3 is 18.9 Å². The molecule has 2 atom stereocenters. The number of hydrogen-bond donors (Lipinski definition) is 0. The average molecular weight is 383 g/mol. The number of carbonyl (C=O) groups excluding carboxylic acids is 2. The topological polar surface area (TPSA) is 74.3 Å². The van der Waals surface area contributed by atoms with Crippen molar-refractivity contribution in [1.82, 2.24) is 4.90 Å². The van der Waals surface area contributed by atoms with Gasteiger partial charge >= 0.3 is 11.9 Å². The summed E-state index contributed by atoms with van der Waals surface area (Å²) in [7, 11) is 0. The van der Waals surface area contributed by atoms with Crippen LogP contribution in [0.1, 0.15) is 52.4 Å². The quantitative estimate of drug-likeness (QED) is 0.622. The lowest BCUT2D eigenvalue weighted by atomic mass is 9.77. The molecule has 0 amide bonds. The van der Waals surface area contributed by atoms with Gasteiger partial charge in [0.15, 0.2) is 0 Å². The van der Waals surface area contributed by atoms with Crippen LogP contribution in [0, 0.1) is 5.92 Å². The molecule has 0 aliphatic carbocycles. The predicted octanol–water partition coefficient (Wildman–Crippen LogP) is 1.92. The minimum absolute atomic E-state index is 0.0811. The van der Waals surface area contributed by atoms with E-state index in [4.69, 9.17) is 18.9 Å². The summed E-state index contributed by atoms with van der Waals surface area (Å²) in [6, 6.07) is 0.308. The molecule has 0 radical (unpaired) electrons. The number of piperidine rings is 2. The molecule has 7 heteroatoms. The summed E-state index contributed by atoms with van der Waals surface area (Å²) in [5.74, 6) is -0.375. The molecule has 7 nitrogen and oxygen atoms in total. The summed E-state index contributed by atoms with van der Waals surface area (Å²) in [6.07, 6.45) is 5.50. The van der Waals surface area contributed by atoms with Crippen molar-refractivity contribution in [3.63, 3.8) is 0 Å². The zero-order chi connectivity index (χ0) is 19.2. The van der Waals surface area contributed by atoms with E-state index in [1.165, 1.54) is 0 Å². The van der Waals surface area contributed by atoms with Gasteiger partial charge in [0.25, 0.3) is 0 Å². The minimum Gasteiger partial charge on any atom is -0.466 e. The normalized spacial score (nSPS) is 32.1. The van der Waals surface area contributed by atoms with E-state index in [1.807, 2.05) is 13.8 Å². The molecular weight excluding hydrogens is 350 g/mol. The molecule has 0 saturated carbocycles. The molecule has 3 heterocycles. The highest BCUT2D eigenvalue weighted by Crippen LogP contribution is 2.39. The van der Waals surface area contributed by atoms with Gasteiger partial charge in [0.05, 0.1) is 37.9 Å². The van der Waals surface area contributed by atoms with Gasteiger partial charge in [-0.3, -0.25) is 14.5 Å². The third-order valence-corrected chi connectivity index (χ3v) is 5.91. The fraction of sp³-hybridized carbons (Fsp3) is 0.900. The Kier molecular flexibility index (Phi) is 7.49. The molecule has 3 aliphatic rings. The summed E-state index contributed by atoms with van der Waals surface area (Å²) in [5, 5.41) is 0. The molecule has 2 unspecified atom stereocenters. The molecule has 0 aromatic heterocycles. The van der Waals surface area contributed by atoms with Crippen molar-refractivity contribution >= 4 is 11.9 Å². The van der Waals surface area contributed by atoms with Crippen LogP contribution >= 0.6 is 0 Å². The first-order chi connectivity index (χ1) is 13.1. The van der Waals surface area contributed by atoms with Crippen LogP contribution in [0.3, 0.4) is 0 Å². The van der Waals surface area contributed by atoms with Gasteiger partial charge in [-0.25, -0.2) is 0 Å². The molecule has 154 valence electrons. The summed E-state index contributed by atoms with van der Waals surface area (Å²) in [5.41, 5.74) is 0. The van der Waals surface area contributed by atoms with E-state index in [2.05, 4.69) is 4.90 Å². The first kappa shape index (κ1) is 20.6. The molecule has 3 fully saturated rings. The van der Waals surface area contributed by atoms with Crippen LogP contribution < -0.4 is 0 Å². The van der Waals surface area contributed by atoms with E-state index in [1.54, 1.807) is 0 Å².